The number of amides is 1. The van der Waals surface area contributed by atoms with Gasteiger partial charge < -0.3 is 5.32 Å². The maximum absolute atomic E-state index is 13.7. The molecule has 1 unspecified atom stereocenters. The average Bonchev–Trinajstić information content (AvgIpc) is 2.69. The molecular formula is C23H18Br3F6NO2. The molecule has 0 radical (unpaired) electrons. The first-order chi connectivity index (χ1) is 16.1. The summed E-state index contributed by atoms with van der Waals surface area (Å²) in [6, 6.07) is 8.63. The summed E-state index contributed by atoms with van der Waals surface area (Å²) in [4.78, 5) is 24.3. The Morgan fingerprint density at radius 1 is 0.971 bits per heavy atom. The normalized spacial score (nSPS) is 14.1. The first kappa shape index (κ1) is 29.6. The van der Waals surface area contributed by atoms with Crippen LogP contribution in [0.1, 0.15) is 40.7 Å². The zero-order valence-corrected chi connectivity index (χ0v) is 22.7. The Balaban J connectivity index is 2.16. The molecule has 0 spiro atoms. The lowest BCUT2D eigenvalue weighted by Gasteiger charge is -2.18. The number of hydrogen-bond donors (Lipinski definition) is 1. The molecule has 2 rings (SSSR count). The summed E-state index contributed by atoms with van der Waals surface area (Å²) < 4.78 is 79.1. The summed E-state index contributed by atoms with van der Waals surface area (Å²) in [5.74, 6) is -4.31. The topological polar surface area (TPSA) is 46.2 Å². The zero-order chi connectivity index (χ0) is 26.6. The summed E-state index contributed by atoms with van der Waals surface area (Å²) in [5.41, 5.74) is 0.562. The van der Waals surface area contributed by atoms with Crippen LogP contribution in [0.25, 0.3) is 6.08 Å². The monoisotopic (exact) mass is 691 g/mol. The molecule has 0 saturated heterocycles. The van der Waals surface area contributed by atoms with Crippen LogP contribution in [0.2, 0.25) is 0 Å². The van der Waals surface area contributed by atoms with Crippen molar-refractivity contribution >= 4 is 65.6 Å². The Morgan fingerprint density at radius 2 is 1.57 bits per heavy atom. The van der Waals surface area contributed by atoms with Gasteiger partial charge >= 0.3 is 12.4 Å². The molecule has 1 N–H and O–H groups in total. The van der Waals surface area contributed by atoms with Gasteiger partial charge in [0, 0.05) is 31.3 Å². The van der Waals surface area contributed by atoms with Gasteiger partial charge in [0.2, 0.25) is 5.91 Å². The highest BCUT2D eigenvalue weighted by Crippen LogP contribution is 2.38. The van der Waals surface area contributed by atoms with Crippen molar-refractivity contribution in [1.29, 1.82) is 0 Å². The van der Waals surface area contributed by atoms with Gasteiger partial charge in [0.1, 0.15) is 6.54 Å². The predicted octanol–water partition coefficient (Wildman–Crippen LogP) is 8.22. The quantitative estimate of drug-likeness (QED) is 0.224. The molecule has 35 heavy (non-hydrogen) atoms. The average molecular weight is 694 g/mol. The van der Waals surface area contributed by atoms with Crippen LogP contribution >= 0.6 is 47.8 Å². The molecule has 0 heterocycles. The third-order valence-electron chi connectivity index (χ3n) is 4.77. The zero-order valence-electron chi connectivity index (χ0n) is 17.9. The number of halogens is 9. The number of carbonyl (C=O) groups excluding carboxylic acids is 2. The second kappa shape index (κ2) is 12.1. The van der Waals surface area contributed by atoms with Crippen LogP contribution in [0, 0.1) is 5.92 Å². The van der Waals surface area contributed by atoms with Gasteiger partial charge in [-0.1, -0.05) is 72.9 Å². The second-order valence-corrected chi connectivity index (χ2v) is 10.4. The van der Waals surface area contributed by atoms with Gasteiger partial charge in [-0.05, 0) is 41.5 Å². The summed E-state index contributed by atoms with van der Waals surface area (Å²) in [7, 11) is 0. The molecule has 0 aliphatic carbocycles. The number of Topliss-reactive ketones (excluding diaryl/α,β-unsaturated/α-hetero) is 1. The minimum Gasteiger partial charge on any atom is -0.347 e. The lowest BCUT2D eigenvalue weighted by Crippen LogP contribution is -2.37. The van der Waals surface area contributed by atoms with E-state index in [-0.39, 0.29) is 22.0 Å². The fourth-order valence-corrected chi connectivity index (χ4v) is 5.02. The highest BCUT2D eigenvalue weighted by molar-refractivity contribution is 9.11. The number of allylic oxidation sites excluding steroid dienone is 1. The molecule has 190 valence electrons. The SMILES string of the molecule is C[C@@H](CC(=O)c1ccc(/C=C/C(c2cc(Br)cc(Br)c2)C(F)(F)F)cc1Br)C(=O)NCC(F)(F)F. The molecule has 0 bridgehead atoms. The van der Waals surface area contributed by atoms with Gasteiger partial charge in [0.15, 0.2) is 5.78 Å². The van der Waals surface area contributed by atoms with Crippen LogP contribution in [-0.4, -0.2) is 30.6 Å². The molecule has 0 aromatic heterocycles. The van der Waals surface area contributed by atoms with Gasteiger partial charge in [0.05, 0.1) is 5.92 Å². The third-order valence-corrected chi connectivity index (χ3v) is 6.35. The van der Waals surface area contributed by atoms with Crippen molar-refractivity contribution in [2.24, 2.45) is 5.92 Å². The lowest BCUT2D eigenvalue weighted by molar-refractivity contribution is -0.140. The number of alkyl halides is 6. The van der Waals surface area contributed by atoms with E-state index in [1.807, 2.05) is 0 Å². The van der Waals surface area contributed by atoms with Gasteiger partial charge in [0.25, 0.3) is 0 Å². The van der Waals surface area contributed by atoms with Crippen LogP contribution in [-0.2, 0) is 4.79 Å². The Bertz CT molecular complexity index is 1100. The molecule has 2 aromatic carbocycles. The number of benzene rings is 2. The van der Waals surface area contributed by atoms with E-state index in [0.29, 0.717) is 14.5 Å². The minimum atomic E-state index is -4.57. The third kappa shape index (κ3) is 9.38. The first-order valence-electron chi connectivity index (χ1n) is 9.95. The molecule has 2 aromatic rings. The molecule has 1 amide bonds. The molecule has 0 aliphatic heterocycles. The number of hydrogen-bond acceptors (Lipinski definition) is 2. The molecule has 0 aliphatic rings. The van der Waals surface area contributed by atoms with Crippen LogP contribution < -0.4 is 5.32 Å². The van der Waals surface area contributed by atoms with Gasteiger partial charge in [-0.3, -0.25) is 9.59 Å². The highest BCUT2D eigenvalue weighted by Gasteiger charge is 2.39. The van der Waals surface area contributed by atoms with E-state index >= 15 is 0 Å². The van der Waals surface area contributed by atoms with Crippen LogP contribution in [0.4, 0.5) is 26.3 Å². The largest absolute Gasteiger partial charge is 0.405 e. The van der Waals surface area contributed by atoms with Crippen molar-refractivity contribution in [3.8, 4) is 0 Å². The standard InChI is InChI=1S/C23H18Br3F6NO2/c1-12(21(35)33-11-22(27,28)29)6-20(34)17-4-2-13(7-19(17)26)3-5-18(23(30,31)32)14-8-15(24)10-16(25)9-14/h2-5,7-10,12,18H,6,11H2,1H3,(H,33,35)/b5-3+/t12-,18?/m0/s1. The lowest BCUT2D eigenvalue weighted by atomic mass is 9.96. The van der Waals surface area contributed by atoms with E-state index in [1.165, 1.54) is 43.3 Å². The summed E-state index contributed by atoms with van der Waals surface area (Å²) in [5, 5.41) is 1.73. The smallest absolute Gasteiger partial charge is 0.347 e. The predicted molar refractivity (Wildman–Crippen MR) is 131 cm³/mol. The summed E-state index contributed by atoms with van der Waals surface area (Å²) in [6.45, 7) is -0.170. The summed E-state index contributed by atoms with van der Waals surface area (Å²) in [6.07, 6.45) is -7.17. The molecule has 3 nitrogen and oxygen atoms in total. The Labute approximate surface area is 222 Å². The Hall–Kier alpha value is -1.66. The van der Waals surface area contributed by atoms with Crippen molar-refractivity contribution < 1.29 is 35.9 Å². The number of nitrogens with one attached hydrogen (secondary N) is 1. The fourth-order valence-electron chi connectivity index (χ4n) is 3.07. The van der Waals surface area contributed by atoms with Crippen LogP contribution in [0.3, 0.4) is 0 Å². The maximum Gasteiger partial charge on any atom is 0.405 e. The van der Waals surface area contributed by atoms with Gasteiger partial charge in [-0.15, -0.1) is 0 Å². The van der Waals surface area contributed by atoms with E-state index in [2.05, 4.69) is 47.8 Å². The van der Waals surface area contributed by atoms with Gasteiger partial charge in [-0.25, -0.2) is 0 Å². The highest BCUT2D eigenvalue weighted by atomic mass is 79.9. The van der Waals surface area contributed by atoms with Crippen molar-refractivity contribution in [2.45, 2.75) is 31.6 Å². The van der Waals surface area contributed by atoms with Crippen LogP contribution in [0.5, 0.6) is 0 Å². The van der Waals surface area contributed by atoms with Gasteiger partial charge in [-0.2, -0.15) is 26.3 Å². The van der Waals surface area contributed by atoms with Crippen molar-refractivity contribution in [3.63, 3.8) is 0 Å². The fraction of sp³-hybridized carbons (Fsp3) is 0.304. The number of carbonyl (C=O) groups is 2. The summed E-state index contributed by atoms with van der Waals surface area (Å²) >= 11 is 9.57. The van der Waals surface area contributed by atoms with E-state index < -0.39 is 42.4 Å². The van der Waals surface area contributed by atoms with E-state index in [1.54, 1.807) is 11.4 Å². The first-order valence-corrected chi connectivity index (χ1v) is 12.3. The molecule has 0 saturated carbocycles. The maximum atomic E-state index is 13.7. The Kier molecular flexibility index (Phi) is 10.2. The minimum absolute atomic E-state index is 0.0265. The molecule has 2 atom stereocenters. The molecule has 0 fully saturated rings. The molecular weight excluding hydrogens is 676 g/mol. The molecule has 12 heteroatoms. The van der Waals surface area contributed by atoms with Crippen LogP contribution in [0.15, 0.2) is 55.9 Å². The van der Waals surface area contributed by atoms with E-state index in [9.17, 15) is 35.9 Å². The van der Waals surface area contributed by atoms with Crippen molar-refractivity contribution in [2.75, 3.05) is 6.54 Å². The number of rotatable bonds is 8. The van der Waals surface area contributed by atoms with Crippen molar-refractivity contribution in [1.82, 2.24) is 5.32 Å². The number of ketones is 1. The van der Waals surface area contributed by atoms with E-state index in [4.69, 9.17) is 0 Å². The van der Waals surface area contributed by atoms with Crippen molar-refractivity contribution in [3.05, 3.63) is 72.6 Å². The second-order valence-electron chi connectivity index (χ2n) is 7.68. The Morgan fingerprint density at radius 3 is 2.09 bits per heavy atom. The van der Waals surface area contributed by atoms with E-state index in [0.717, 1.165) is 6.08 Å².